The van der Waals surface area contributed by atoms with E-state index in [4.69, 9.17) is 15.7 Å². The normalized spacial score (nSPS) is 11.7. The number of benzene rings is 2. The van der Waals surface area contributed by atoms with Crippen molar-refractivity contribution in [3.63, 3.8) is 0 Å². The summed E-state index contributed by atoms with van der Waals surface area (Å²) in [6, 6.07) is 15.2. The highest BCUT2D eigenvalue weighted by Crippen LogP contribution is 2.28. The minimum Gasteiger partial charge on any atom is -0.489 e. The summed E-state index contributed by atoms with van der Waals surface area (Å²) in [5.74, 6) is 0.785. The largest absolute Gasteiger partial charge is 0.489 e. The predicted octanol–water partition coefficient (Wildman–Crippen LogP) is 3.92. The highest BCUT2D eigenvalue weighted by atomic mass is 79.9. The molecule has 0 amide bonds. The zero-order valence-corrected chi connectivity index (χ0v) is 12.7. The van der Waals surface area contributed by atoms with Gasteiger partial charge in [-0.25, -0.2) is 0 Å². The van der Waals surface area contributed by atoms with Gasteiger partial charge in [-0.15, -0.1) is 0 Å². The molecule has 102 valence electrons. The van der Waals surface area contributed by atoms with Crippen LogP contribution >= 0.6 is 15.9 Å². The molecule has 1 atom stereocenters. The zero-order valence-electron chi connectivity index (χ0n) is 11.1. The first-order valence-corrected chi connectivity index (χ1v) is 7.06. The predicted molar refractivity (Wildman–Crippen MR) is 82.2 cm³/mol. The summed E-state index contributed by atoms with van der Waals surface area (Å²) in [7, 11) is 0. The summed E-state index contributed by atoms with van der Waals surface area (Å²) in [5.41, 5.74) is 8.58. The molecule has 0 aliphatic carbocycles. The maximum atomic E-state index is 8.76. The van der Waals surface area contributed by atoms with Crippen LogP contribution in [-0.4, -0.2) is 0 Å². The van der Waals surface area contributed by atoms with Gasteiger partial charge in [0.05, 0.1) is 11.6 Å². The highest BCUT2D eigenvalue weighted by Gasteiger charge is 2.09. The van der Waals surface area contributed by atoms with Gasteiger partial charge in [0.2, 0.25) is 0 Å². The second-order valence-electron chi connectivity index (χ2n) is 4.57. The Balaban J connectivity index is 2.12. The van der Waals surface area contributed by atoms with Crippen molar-refractivity contribution in [3.8, 4) is 11.8 Å². The topological polar surface area (TPSA) is 59.0 Å². The van der Waals surface area contributed by atoms with Crippen LogP contribution in [0, 0.1) is 11.3 Å². The quantitative estimate of drug-likeness (QED) is 0.924. The van der Waals surface area contributed by atoms with Gasteiger partial charge in [0.15, 0.2) is 0 Å². The van der Waals surface area contributed by atoms with Crippen LogP contribution in [0.1, 0.15) is 29.7 Å². The molecule has 20 heavy (non-hydrogen) atoms. The molecule has 0 spiro atoms. The van der Waals surface area contributed by atoms with E-state index in [2.05, 4.69) is 22.0 Å². The summed E-state index contributed by atoms with van der Waals surface area (Å²) in [4.78, 5) is 0. The van der Waals surface area contributed by atoms with Gasteiger partial charge in [-0.05, 0) is 42.8 Å². The Morgan fingerprint density at radius 1 is 1.25 bits per heavy atom. The monoisotopic (exact) mass is 330 g/mol. The number of rotatable bonds is 4. The first-order chi connectivity index (χ1) is 9.60. The van der Waals surface area contributed by atoms with Crippen molar-refractivity contribution in [2.24, 2.45) is 5.73 Å². The number of nitrogens with two attached hydrogens (primary N) is 1. The van der Waals surface area contributed by atoms with Gasteiger partial charge in [-0.1, -0.05) is 28.1 Å². The van der Waals surface area contributed by atoms with Gasteiger partial charge in [0, 0.05) is 16.1 Å². The molecule has 2 rings (SSSR count). The molecule has 2 N–H and O–H groups in total. The number of nitriles is 1. The third-order valence-corrected chi connectivity index (χ3v) is 3.43. The molecule has 0 saturated heterocycles. The van der Waals surface area contributed by atoms with Crippen molar-refractivity contribution in [1.29, 1.82) is 5.26 Å². The maximum absolute atomic E-state index is 8.76. The van der Waals surface area contributed by atoms with Gasteiger partial charge in [-0.3, -0.25) is 0 Å². The van der Waals surface area contributed by atoms with Crippen molar-refractivity contribution in [2.75, 3.05) is 0 Å². The zero-order chi connectivity index (χ0) is 14.5. The van der Waals surface area contributed by atoms with Crippen LogP contribution in [0.25, 0.3) is 0 Å². The van der Waals surface area contributed by atoms with Crippen LogP contribution in [0.4, 0.5) is 0 Å². The lowest BCUT2D eigenvalue weighted by Crippen LogP contribution is -2.08. The molecule has 2 aromatic carbocycles. The Bertz CT molecular complexity index is 630. The molecule has 1 unspecified atom stereocenters. The van der Waals surface area contributed by atoms with Crippen LogP contribution in [0.3, 0.4) is 0 Å². The van der Waals surface area contributed by atoms with Gasteiger partial charge >= 0.3 is 0 Å². The van der Waals surface area contributed by atoms with E-state index in [1.807, 2.05) is 37.3 Å². The van der Waals surface area contributed by atoms with Crippen molar-refractivity contribution in [3.05, 3.63) is 63.6 Å². The lowest BCUT2D eigenvalue weighted by atomic mass is 10.1. The second kappa shape index (κ2) is 6.56. The lowest BCUT2D eigenvalue weighted by molar-refractivity contribution is 0.301. The second-order valence-corrected chi connectivity index (χ2v) is 5.48. The third-order valence-electron chi connectivity index (χ3n) is 2.94. The molecule has 4 heteroatoms. The average molecular weight is 331 g/mol. The molecule has 0 radical (unpaired) electrons. The molecule has 0 bridgehead atoms. The van der Waals surface area contributed by atoms with Crippen LogP contribution in [0.15, 0.2) is 46.9 Å². The molecule has 0 saturated carbocycles. The van der Waals surface area contributed by atoms with Crippen LogP contribution < -0.4 is 10.5 Å². The van der Waals surface area contributed by atoms with E-state index in [9.17, 15) is 0 Å². The first kappa shape index (κ1) is 14.6. The van der Waals surface area contributed by atoms with Crippen molar-refractivity contribution < 1.29 is 4.74 Å². The van der Waals surface area contributed by atoms with Crippen LogP contribution in [0.5, 0.6) is 5.75 Å². The van der Waals surface area contributed by atoms with Crippen molar-refractivity contribution >= 4 is 15.9 Å². The van der Waals surface area contributed by atoms with E-state index in [-0.39, 0.29) is 6.04 Å². The summed E-state index contributed by atoms with van der Waals surface area (Å²) in [6.07, 6.45) is 0. The third kappa shape index (κ3) is 3.60. The summed E-state index contributed by atoms with van der Waals surface area (Å²) in [5, 5.41) is 8.76. The van der Waals surface area contributed by atoms with Gasteiger partial charge < -0.3 is 10.5 Å². The molecule has 0 fully saturated rings. The van der Waals surface area contributed by atoms with Gasteiger partial charge in [0.25, 0.3) is 0 Å². The number of nitrogens with zero attached hydrogens (tertiary/aromatic N) is 1. The Hall–Kier alpha value is -1.83. The molecule has 3 nitrogen and oxygen atoms in total. The van der Waals surface area contributed by atoms with E-state index in [0.717, 1.165) is 21.3 Å². The molecule has 0 aromatic heterocycles. The fourth-order valence-corrected chi connectivity index (χ4v) is 2.22. The van der Waals surface area contributed by atoms with E-state index >= 15 is 0 Å². The Kier molecular flexibility index (Phi) is 4.78. The average Bonchev–Trinajstić information content (AvgIpc) is 2.46. The minimum absolute atomic E-state index is 0.0940. The minimum atomic E-state index is -0.0940. The fourth-order valence-electron chi connectivity index (χ4n) is 1.84. The highest BCUT2D eigenvalue weighted by molar-refractivity contribution is 9.10. The Labute approximate surface area is 127 Å². The molecular formula is C16H15BrN2O. The van der Waals surface area contributed by atoms with E-state index < -0.39 is 0 Å². The van der Waals surface area contributed by atoms with Crippen LogP contribution in [-0.2, 0) is 6.61 Å². The number of ether oxygens (including phenoxy) is 1. The summed E-state index contributed by atoms with van der Waals surface area (Å²) < 4.78 is 6.81. The van der Waals surface area contributed by atoms with Crippen LogP contribution in [0.2, 0.25) is 0 Å². The lowest BCUT2D eigenvalue weighted by Gasteiger charge is -2.14. The fraction of sp³-hybridized carbons (Fsp3) is 0.188. The van der Waals surface area contributed by atoms with E-state index in [1.165, 1.54) is 0 Å². The molecule has 0 heterocycles. The standard InChI is InChI=1S/C16H15BrN2O/c1-11(19)15-8-14(17)6-7-16(15)20-10-13-4-2-12(9-18)3-5-13/h2-8,11H,10,19H2,1H3. The van der Waals surface area contributed by atoms with Crippen molar-refractivity contribution in [2.45, 2.75) is 19.6 Å². The van der Waals surface area contributed by atoms with E-state index in [0.29, 0.717) is 12.2 Å². The number of halogens is 1. The molecule has 2 aromatic rings. The maximum Gasteiger partial charge on any atom is 0.124 e. The molecule has 0 aliphatic rings. The Morgan fingerprint density at radius 2 is 1.95 bits per heavy atom. The Morgan fingerprint density at radius 3 is 2.55 bits per heavy atom. The SMILES string of the molecule is CC(N)c1cc(Br)ccc1OCc1ccc(C#N)cc1. The number of hydrogen-bond donors (Lipinski definition) is 1. The van der Waals surface area contributed by atoms with Crippen molar-refractivity contribution in [1.82, 2.24) is 0 Å². The smallest absolute Gasteiger partial charge is 0.124 e. The summed E-state index contributed by atoms with van der Waals surface area (Å²) in [6.45, 7) is 2.38. The molecule has 0 aliphatic heterocycles. The van der Waals surface area contributed by atoms with E-state index in [1.54, 1.807) is 12.1 Å². The summed E-state index contributed by atoms with van der Waals surface area (Å²) >= 11 is 3.43. The van der Waals surface area contributed by atoms with Gasteiger partial charge in [0.1, 0.15) is 12.4 Å². The molecular weight excluding hydrogens is 316 g/mol. The first-order valence-electron chi connectivity index (χ1n) is 6.27. The number of hydrogen-bond acceptors (Lipinski definition) is 3. The van der Waals surface area contributed by atoms with Gasteiger partial charge in [-0.2, -0.15) is 5.26 Å².